The molecule has 1 heterocycles. The average molecular weight is 259 g/mol. The number of aryl methyl sites for hydroxylation is 2. The highest BCUT2D eigenvalue weighted by Crippen LogP contribution is 2.27. The van der Waals surface area contributed by atoms with Crippen LogP contribution in [0.1, 0.15) is 29.2 Å². The Balaban J connectivity index is 1.81. The zero-order valence-electron chi connectivity index (χ0n) is 12.1. The van der Waals surface area contributed by atoms with Crippen molar-refractivity contribution in [1.82, 2.24) is 15.5 Å². The first kappa shape index (κ1) is 13.1. The van der Waals surface area contributed by atoms with Gasteiger partial charge >= 0.3 is 0 Å². The SMILES string of the molecule is CNC(c1ccc2c(c1)CCC2)C1CN(C)CCN1. The van der Waals surface area contributed by atoms with Gasteiger partial charge in [-0.15, -0.1) is 0 Å². The Morgan fingerprint density at radius 2 is 2.16 bits per heavy atom. The maximum Gasteiger partial charge on any atom is 0.0486 e. The number of hydrogen-bond donors (Lipinski definition) is 2. The highest BCUT2D eigenvalue weighted by atomic mass is 15.2. The van der Waals surface area contributed by atoms with Crippen LogP contribution in [0.4, 0.5) is 0 Å². The molecule has 2 N–H and O–H groups in total. The molecule has 0 bridgehead atoms. The second kappa shape index (κ2) is 5.61. The van der Waals surface area contributed by atoms with Gasteiger partial charge in [-0.1, -0.05) is 18.2 Å². The molecule has 1 aromatic rings. The third kappa shape index (κ3) is 2.69. The number of fused-ring (bicyclic) bond motifs is 1. The molecule has 104 valence electrons. The van der Waals surface area contributed by atoms with E-state index >= 15 is 0 Å². The molecule has 1 aliphatic carbocycles. The van der Waals surface area contributed by atoms with E-state index in [1.54, 1.807) is 11.1 Å². The van der Waals surface area contributed by atoms with Crippen molar-refractivity contribution in [3.05, 3.63) is 34.9 Å². The molecule has 1 aliphatic heterocycles. The highest BCUT2D eigenvalue weighted by molar-refractivity contribution is 5.37. The first-order chi connectivity index (χ1) is 9.28. The van der Waals surface area contributed by atoms with E-state index in [1.807, 2.05) is 0 Å². The van der Waals surface area contributed by atoms with E-state index in [-0.39, 0.29) is 0 Å². The number of rotatable bonds is 3. The van der Waals surface area contributed by atoms with Crippen LogP contribution in [0.15, 0.2) is 18.2 Å². The van der Waals surface area contributed by atoms with Crippen molar-refractivity contribution in [1.29, 1.82) is 0 Å². The zero-order valence-corrected chi connectivity index (χ0v) is 12.1. The standard InChI is InChI=1S/C16H25N3/c1-17-16(15-11-19(2)9-8-18-15)14-7-6-12-4-3-5-13(12)10-14/h6-7,10,15-18H,3-5,8-9,11H2,1-2H3. The number of benzene rings is 1. The molecule has 0 spiro atoms. The van der Waals surface area contributed by atoms with Crippen LogP contribution in [-0.4, -0.2) is 44.7 Å². The highest BCUT2D eigenvalue weighted by Gasteiger charge is 2.26. The van der Waals surface area contributed by atoms with E-state index in [0.717, 1.165) is 19.6 Å². The van der Waals surface area contributed by atoms with Gasteiger partial charge in [0.05, 0.1) is 0 Å². The summed E-state index contributed by atoms with van der Waals surface area (Å²) in [5, 5.41) is 7.17. The van der Waals surface area contributed by atoms with E-state index in [2.05, 4.69) is 47.8 Å². The van der Waals surface area contributed by atoms with Gasteiger partial charge in [-0.25, -0.2) is 0 Å². The molecule has 1 aromatic carbocycles. The second-order valence-corrected chi connectivity index (χ2v) is 5.97. The molecule has 1 saturated heterocycles. The number of likely N-dealkylation sites (N-methyl/N-ethyl adjacent to an activating group) is 2. The molecule has 3 rings (SSSR count). The van der Waals surface area contributed by atoms with Crippen LogP contribution in [0.5, 0.6) is 0 Å². The Bertz CT molecular complexity index is 444. The van der Waals surface area contributed by atoms with Gasteiger partial charge in [0, 0.05) is 31.7 Å². The third-order valence-electron chi connectivity index (χ3n) is 4.60. The van der Waals surface area contributed by atoms with E-state index in [1.165, 1.54) is 24.8 Å². The van der Waals surface area contributed by atoms with Gasteiger partial charge in [0.1, 0.15) is 0 Å². The Morgan fingerprint density at radius 1 is 1.32 bits per heavy atom. The first-order valence-electron chi connectivity index (χ1n) is 7.49. The summed E-state index contributed by atoms with van der Waals surface area (Å²) >= 11 is 0. The fourth-order valence-electron chi connectivity index (χ4n) is 3.54. The van der Waals surface area contributed by atoms with Gasteiger partial charge in [-0.2, -0.15) is 0 Å². The Morgan fingerprint density at radius 3 is 2.95 bits per heavy atom. The molecule has 1 fully saturated rings. The largest absolute Gasteiger partial charge is 0.312 e. The van der Waals surface area contributed by atoms with Gasteiger partial charge in [-0.3, -0.25) is 0 Å². The van der Waals surface area contributed by atoms with E-state index in [0.29, 0.717) is 12.1 Å². The Hall–Kier alpha value is -0.900. The minimum atomic E-state index is 0.411. The van der Waals surface area contributed by atoms with Crippen LogP contribution < -0.4 is 10.6 Å². The molecular weight excluding hydrogens is 234 g/mol. The van der Waals surface area contributed by atoms with Crippen molar-refractivity contribution >= 4 is 0 Å². The lowest BCUT2D eigenvalue weighted by Crippen LogP contribution is -2.54. The maximum absolute atomic E-state index is 3.66. The van der Waals surface area contributed by atoms with Crippen LogP contribution in [-0.2, 0) is 12.8 Å². The third-order valence-corrected chi connectivity index (χ3v) is 4.60. The number of nitrogens with one attached hydrogen (secondary N) is 2. The second-order valence-electron chi connectivity index (χ2n) is 5.97. The fourth-order valence-corrected chi connectivity index (χ4v) is 3.54. The topological polar surface area (TPSA) is 27.3 Å². The Kier molecular flexibility index (Phi) is 3.87. The van der Waals surface area contributed by atoms with Gasteiger partial charge in [0.15, 0.2) is 0 Å². The van der Waals surface area contributed by atoms with Crippen molar-refractivity contribution in [2.24, 2.45) is 0 Å². The quantitative estimate of drug-likeness (QED) is 0.858. The maximum atomic E-state index is 3.66. The summed E-state index contributed by atoms with van der Waals surface area (Å²) in [5.41, 5.74) is 4.57. The van der Waals surface area contributed by atoms with Crippen LogP contribution >= 0.6 is 0 Å². The molecule has 3 heteroatoms. The smallest absolute Gasteiger partial charge is 0.0486 e. The minimum Gasteiger partial charge on any atom is -0.312 e. The van der Waals surface area contributed by atoms with Crippen molar-refractivity contribution in [2.45, 2.75) is 31.3 Å². The number of hydrogen-bond acceptors (Lipinski definition) is 3. The summed E-state index contributed by atoms with van der Waals surface area (Å²) < 4.78 is 0. The molecule has 0 amide bonds. The lowest BCUT2D eigenvalue weighted by molar-refractivity contribution is 0.210. The van der Waals surface area contributed by atoms with Gasteiger partial charge in [0.25, 0.3) is 0 Å². The van der Waals surface area contributed by atoms with Gasteiger partial charge in [-0.05, 0) is 50.0 Å². The van der Waals surface area contributed by atoms with Gasteiger partial charge in [0.2, 0.25) is 0 Å². The minimum absolute atomic E-state index is 0.411. The summed E-state index contributed by atoms with van der Waals surface area (Å²) in [6, 6.07) is 8.01. The Labute approximate surface area is 116 Å². The molecule has 2 aliphatic rings. The fraction of sp³-hybridized carbons (Fsp3) is 0.625. The molecule has 19 heavy (non-hydrogen) atoms. The number of nitrogens with zero attached hydrogens (tertiary/aromatic N) is 1. The van der Waals surface area contributed by atoms with E-state index in [4.69, 9.17) is 0 Å². The normalized spacial score (nSPS) is 25.3. The van der Waals surface area contributed by atoms with Crippen LogP contribution in [0.25, 0.3) is 0 Å². The summed E-state index contributed by atoms with van der Waals surface area (Å²) in [6.45, 7) is 3.35. The van der Waals surface area contributed by atoms with E-state index < -0.39 is 0 Å². The summed E-state index contributed by atoms with van der Waals surface area (Å²) in [7, 11) is 4.29. The molecule has 2 unspecified atom stereocenters. The van der Waals surface area contributed by atoms with Crippen molar-refractivity contribution in [2.75, 3.05) is 33.7 Å². The lowest BCUT2D eigenvalue weighted by atomic mass is 9.95. The molecule has 0 saturated carbocycles. The van der Waals surface area contributed by atoms with Crippen molar-refractivity contribution in [3.63, 3.8) is 0 Å². The molecule has 2 atom stereocenters. The molecular formula is C16H25N3. The van der Waals surface area contributed by atoms with Crippen molar-refractivity contribution in [3.8, 4) is 0 Å². The van der Waals surface area contributed by atoms with Crippen LogP contribution in [0.3, 0.4) is 0 Å². The van der Waals surface area contributed by atoms with Crippen LogP contribution in [0, 0.1) is 0 Å². The predicted molar refractivity (Wildman–Crippen MR) is 79.6 cm³/mol. The first-order valence-corrected chi connectivity index (χ1v) is 7.49. The monoisotopic (exact) mass is 259 g/mol. The van der Waals surface area contributed by atoms with Crippen LogP contribution in [0.2, 0.25) is 0 Å². The lowest BCUT2D eigenvalue weighted by Gasteiger charge is -2.36. The summed E-state index contributed by atoms with van der Waals surface area (Å²) in [5.74, 6) is 0. The molecule has 3 nitrogen and oxygen atoms in total. The van der Waals surface area contributed by atoms with E-state index in [9.17, 15) is 0 Å². The molecule has 0 aromatic heterocycles. The molecule has 0 radical (unpaired) electrons. The summed E-state index contributed by atoms with van der Waals surface area (Å²) in [4.78, 5) is 2.42. The zero-order chi connectivity index (χ0) is 13.2. The average Bonchev–Trinajstić information content (AvgIpc) is 2.87. The van der Waals surface area contributed by atoms with Gasteiger partial charge < -0.3 is 15.5 Å². The number of piperazine rings is 1. The predicted octanol–water partition coefficient (Wildman–Crippen LogP) is 1.34. The van der Waals surface area contributed by atoms with Crippen molar-refractivity contribution < 1.29 is 0 Å². The summed E-state index contributed by atoms with van der Waals surface area (Å²) in [6.07, 6.45) is 3.86.